The van der Waals surface area contributed by atoms with E-state index in [1.165, 1.54) is 5.56 Å². The Morgan fingerprint density at radius 2 is 2.00 bits per heavy atom. The topological polar surface area (TPSA) is 42.7 Å². The predicted molar refractivity (Wildman–Crippen MR) is 77.0 cm³/mol. The Morgan fingerprint density at radius 3 is 2.79 bits per heavy atom. The van der Waals surface area contributed by atoms with Crippen molar-refractivity contribution in [2.75, 3.05) is 5.32 Å². The fourth-order valence-corrected chi connectivity index (χ4v) is 2.16. The van der Waals surface area contributed by atoms with Gasteiger partial charge >= 0.3 is 0 Å². The molecule has 1 aromatic carbocycles. The third-order valence-electron chi connectivity index (χ3n) is 3.17. The zero-order valence-corrected chi connectivity index (χ0v) is 10.9. The Bertz CT molecular complexity index is 673. The van der Waals surface area contributed by atoms with Gasteiger partial charge in [-0.25, -0.2) is 9.67 Å². The van der Waals surface area contributed by atoms with Crippen LogP contribution in [-0.2, 0) is 13.1 Å². The van der Waals surface area contributed by atoms with Crippen LogP contribution >= 0.6 is 0 Å². The van der Waals surface area contributed by atoms with Crippen molar-refractivity contribution in [3.05, 3.63) is 54.4 Å². The van der Waals surface area contributed by atoms with E-state index in [2.05, 4.69) is 34.5 Å². The van der Waals surface area contributed by atoms with E-state index in [1.54, 1.807) is 0 Å². The zero-order chi connectivity index (χ0) is 13.1. The number of pyridine rings is 1. The second kappa shape index (κ2) is 5.10. The van der Waals surface area contributed by atoms with Crippen LogP contribution in [0.5, 0.6) is 0 Å². The highest BCUT2D eigenvalue weighted by Crippen LogP contribution is 2.21. The Balaban J connectivity index is 1.87. The van der Waals surface area contributed by atoms with Crippen LogP contribution in [0.15, 0.2) is 48.8 Å². The molecule has 0 unspecified atom stereocenters. The normalized spacial score (nSPS) is 10.8. The first-order chi connectivity index (χ1) is 9.38. The molecule has 3 aromatic rings. The predicted octanol–water partition coefficient (Wildman–Crippen LogP) is 3.06. The molecule has 0 aliphatic rings. The summed E-state index contributed by atoms with van der Waals surface area (Å²) in [5.41, 5.74) is 3.27. The maximum atomic E-state index is 4.39. The van der Waals surface area contributed by atoms with Crippen LogP contribution in [0.1, 0.15) is 12.5 Å². The maximum Gasteiger partial charge on any atom is 0.159 e. The van der Waals surface area contributed by atoms with Gasteiger partial charge in [-0.05, 0) is 18.6 Å². The summed E-state index contributed by atoms with van der Waals surface area (Å²) in [5, 5.41) is 8.86. The molecule has 19 heavy (non-hydrogen) atoms. The van der Waals surface area contributed by atoms with Crippen LogP contribution in [0.3, 0.4) is 0 Å². The lowest BCUT2D eigenvalue weighted by molar-refractivity contribution is 0.677. The number of aromatic nitrogens is 3. The molecule has 0 aliphatic heterocycles. The number of aryl methyl sites for hydroxylation is 1. The van der Waals surface area contributed by atoms with Crippen LogP contribution in [0, 0.1) is 0 Å². The van der Waals surface area contributed by atoms with Crippen molar-refractivity contribution in [1.29, 1.82) is 0 Å². The van der Waals surface area contributed by atoms with E-state index in [0.29, 0.717) is 0 Å². The molecule has 3 rings (SSSR count). The molecule has 0 spiro atoms. The second-order valence-corrected chi connectivity index (χ2v) is 4.40. The molecular formula is C15H16N4. The van der Waals surface area contributed by atoms with E-state index in [0.717, 1.165) is 29.8 Å². The standard InChI is InChI=1S/C15H16N4/c1-2-19-15-13(11-18-19)14(8-9-16-15)17-10-12-6-4-3-5-7-12/h3-9,11H,2,10H2,1H3,(H,16,17). The highest BCUT2D eigenvalue weighted by molar-refractivity contribution is 5.88. The molecule has 2 aromatic heterocycles. The minimum absolute atomic E-state index is 0.803. The second-order valence-electron chi connectivity index (χ2n) is 4.40. The fourth-order valence-electron chi connectivity index (χ4n) is 2.16. The lowest BCUT2D eigenvalue weighted by Crippen LogP contribution is -2.01. The molecule has 2 heterocycles. The smallest absolute Gasteiger partial charge is 0.159 e. The molecule has 0 saturated heterocycles. The van der Waals surface area contributed by atoms with Gasteiger partial charge in [-0.15, -0.1) is 0 Å². The number of hydrogen-bond acceptors (Lipinski definition) is 3. The van der Waals surface area contributed by atoms with E-state index in [1.807, 2.05) is 41.3 Å². The summed E-state index contributed by atoms with van der Waals surface area (Å²) in [5.74, 6) is 0. The lowest BCUT2D eigenvalue weighted by Gasteiger charge is -2.07. The van der Waals surface area contributed by atoms with E-state index in [4.69, 9.17) is 0 Å². The van der Waals surface area contributed by atoms with E-state index in [-0.39, 0.29) is 0 Å². The van der Waals surface area contributed by atoms with E-state index in [9.17, 15) is 0 Å². The van der Waals surface area contributed by atoms with Crippen molar-refractivity contribution in [3.63, 3.8) is 0 Å². The highest BCUT2D eigenvalue weighted by Gasteiger charge is 2.06. The van der Waals surface area contributed by atoms with Gasteiger partial charge in [0.15, 0.2) is 5.65 Å². The zero-order valence-electron chi connectivity index (χ0n) is 10.9. The van der Waals surface area contributed by atoms with Gasteiger partial charge in [-0.2, -0.15) is 5.10 Å². The SMILES string of the molecule is CCn1ncc2c(NCc3ccccc3)ccnc21. The molecule has 4 nitrogen and oxygen atoms in total. The van der Waals surface area contributed by atoms with Gasteiger partial charge in [-0.3, -0.25) is 0 Å². The first-order valence-corrected chi connectivity index (χ1v) is 6.47. The number of anilines is 1. The molecule has 1 N–H and O–H groups in total. The first-order valence-electron chi connectivity index (χ1n) is 6.47. The number of rotatable bonds is 4. The molecular weight excluding hydrogens is 236 g/mol. The Labute approximate surface area is 112 Å². The van der Waals surface area contributed by atoms with Crippen LogP contribution < -0.4 is 5.32 Å². The van der Waals surface area contributed by atoms with Gasteiger partial charge in [-0.1, -0.05) is 30.3 Å². The summed E-state index contributed by atoms with van der Waals surface area (Å²) in [6, 6.07) is 12.3. The van der Waals surface area contributed by atoms with Crippen molar-refractivity contribution in [3.8, 4) is 0 Å². The Kier molecular flexibility index (Phi) is 3.14. The van der Waals surface area contributed by atoms with Gasteiger partial charge in [0, 0.05) is 25.0 Å². The summed E-state index contributed by atoms with van der Waals surface area (Å²) in [6.45, 7) is 3.70. The summed E-state index contributed by atoms with van der Waals surface area (Å²) < 4.78 is 1.91. The van der Waals surface area contributed by atoms with Crippen molar-refractivity contribution in [2.24, 2.45) is 0 Å². The number of nitrogens with zero attached hydrogens (tertiary/aromatic N) is 3. The number of fused-ring (bicyclic) bond motifs is 1. The third-order valence-corrected chi connectivity index (χ3v) is 3.17. The number of nitrogens with one attached hydrogen (secondary N) is 1. The summed E-state index contributed by atoms with van der Waals surface area (Å²) >= 11 is 0. The number of hydrogen-bond donors (Lipinski definition) is 1. The number of benzene rings is 1. The molecule has 0 saturated carbocycles. The average molecular weight is 252 g/mol. The third kappa shape index (κ3) is 2.29. The molecule has 4 heteroatoms. The molecule has 0 bridgehead atoms. The van der Waals surface area contributed by atoms with Gasteiger partial charge < -0.3 is 5.32 Å². The van der Waals surface area contributed by atoms with Crippen molar-refractivity contribution >= 4 is 16.7 Å². The Morgan fingerprint density at radius 1 is 1.16 bits per heavy atom. The quantitative estimate of drug-likeness (QED) is 0.776. The molecule has 0 atom stereocenters. The molecule has 0 radical (unpaired) electrons. The van der Waals surface area contributed by atoms with Crippen molar-refractivity contribution < 1.29 is 0 Å². The molecule has 0 amide bonds. The first kappa shape index (κ1) is 11.7. The van der Waals surface area contributed by atoms with Gasteiger partial charge in [0.05, 0.1) is 11.6 Å². The van der Waals surface area contributed by atoms with Crippen LogP contribution in [0.4, 0.5) is 5.69 Å². The summed E-state index contributed by atoms with van der Waals surface area (Å²) in [7, 11) is 0. The van der Waals surface area contributed by atoms with Gasteiger partial charge in [0.2, 0.25) is 0 Å². The van der Waals surface area contributed by atoms with E-state index < -0.39 is 0 Å². The summed E-state index contributed by atoms with van der Waals surface area (Å²) in [6.07, 6.45) is 3.70. The van der Waals surface area contributed by atoms with Gasteiger partial charge in [0.25, 0.3) is 0 Å². The minimum Gasteiger partial charge on any atom is -0.380 e. The Hall–Kier alpha value is -2.36. The van der Waals surface area contributed by atoms with Crippen LogP contribution in [0.2, 0.25) is 0 Å². The van der Waals surface area contributed by atoms with Crippen molar-refractivity contribution in [1.82, 2.24) is 14.8 Å². The minimum atomic E-state index is 0.803. The molecule has 0 fully saturated rings. The van der Waals surface area contributed by atoms with Gasteiger partial charge in [0.1, 0.15) is 0 Å². The van der Waals surface area contributed by atoms with Crippen LogP contribution in [-0.4, -0.2) is 14.8 Å². The summed E-state index contributed by atoms with van der Waals surface area (Å²) in [4.78, 5) is 4.39. The molecule has 0 aliphatic carbocycles. The average Bonchev–Trinajstić information content (AvgIpc) is 2.90. The monoisotopic (exact) mass is 252 g/mol. The largest absolute Gasteiger partial charge is 0.380 e. The lowest BCUT2D eigenvalue weighted by atomic mass is 10.2. The van der Waals surface area contributed by atoms with Crippen LogP contribution in [0.25, 0.3) is 11.0 Å². The maximum absolute atomic E-state index is 4.39. The molecule has 96 valence electrons. The van der Waals surface area contributed by atoms with Crippen molar-refractivity contribution in [2.45, 2.75) is 20.0 Å². The van der Waals surface area contributed by atoms with E-state index >= 15 is 0 Å². The fraction of sp³-hybridized carbons (Fsp3) is 0.200. The highest BCUT2D eigenvalue weighted by atomic mass is 15.3.